The zero-order chi connectivity index (χ0) is 21.7. The van der Waals surface area contributed by atoms with E-state index in [0.717, 1.165) is 4.90 Å². The number of ether oxygens (including phenoxy) is 1. The topological polar surface area (TPSA) is 109 Å². The van der Waals surface area contributed by atoms with E-state index in [9.17, 15) is 13.2 Å². The van der Waals surface area contributed by atoms with Crippen LogP contribution in [0, 0.1) is 5.92 Å². The van der Waals surface area contributed by atoms with E-state index < -0.39 is 21.3 Å². The van der Waals surface area contributed by atoms with Gasteiger partial charge in [0, 0.05) is 22.3 Å². The van der Waals surface area contributed by atoms with Gasteiger partial charge in [-0.05, 0) is 62.6 Å². The van der Waals surface area contributed by atoms with Gasteiger partial charge in [0.2, 0.25) is 5.91 Å². The highest BCUT2D eigenvalue weighted by molar-refractivity contribution is 7.98. The molecule has 162 valence electrons. The maximum atomic E-state index is 13.0. The molecule has 0 saturated carbocycles. The fourth-order valence-corrected chi connectivity index (χ4v) is 5.25. The summed E-state index contributed by atoms with van der Waals surface area (Å²) in [6.07, 6.45) is 1.95. The lowest BCUT2D eigenvalue weighted by molar-refractivity contribution is -0.119. The molecule has 1 saturated heterocycles. The number of anilines is 2. The number of benzene rings is 2. The average molecular weight is 451 g/mol. The Bertz CT molecular complexity index is 983. The van der Waals surface area contributed by atoms with Gasteiger partial charge in [-0.1, -0.05) is 6.07 Å². The van der Waals surface area contributed by atoms with Crippen LogP contribution in [0.1, 0.15) is 13.8 Å². The highest BCUT2D eigenvalue weighted by Crippen LogP contribution is 2.25. The fourth-order valence-electron chi connectivity index (χ4n) is 3.23. The molecule has 1 aliphatic heterocycles. The van der Waals surface area contributed by atoms with Gasteiger partial charge in [0.25, 0.3) is 10.0 Å². The summed E-state index contributed by atoms with van der Waals surface area (Å²) in [4.78, 5) is 13.9. The first-order chi connectivity index (χ1) is 14.3. The van der Waals surface area contributed by atoms with Gasteiger partial charge in [0.15, 0.2) is 5.37 Å². The number of hydrogen-bond donors (Lipinski definition) is 4. The summed E-state index contributed by atoms with van der Waals surface area (Å²) in [5, 5.41) is 1.70. The summed E-state index contributed by atoms with van der Waals surface area (Å²) < 4.78 is 33.9. The second-order valence-corrected chi connectivity index (χ2v) is 9.53. The summed E-state index contributed by atoms with van der Waals surface area (Å²) in [6, 6.07) is 13.7. The zero-order valence-electron chi connectivity index (χ0n) is 17.0. The van der Waals surface area contributed by atoms with Crippen LogP contribution in [-0.2, 0) is 14.8 Å². The first-order valence-corrected chi connectivity index (χ1v) is 12.3. The smallest absolute Gasteiger partial charge is 0.250 e. The second-order valence-electron chi connectivity index (χ2n) is 6.85. The molecule has 0 aromatic heterocycles. The summed E-state index contributed by atoms with van der Waals surface area (Å²) in [7, 11) is -3.90. The monoisotopic (exact) mass is 450 g/mol. The minimum Gasteiger partial charge on any atom is -0.494 e. The molecule has 30 heavy (non-hydrogen) atoms. The second kappa shape index (κ2) is 9.69. The average Bonchev–Trinajstić information content (AvgIpc) is 3.12. The third kappa shape index (κ3) is 5.25. The quantitative estimate of drug-likeness (QED) is 0.458. The Morgan fingerprint density at radius 2 is 1.87 bits per heavy atom. The Labute approximate surface area is 181 Å². The van der Waals surface area contributed by atoms with Gasteiger partial charge in [-0.3, -0.25) is 14.9 Å². The summed E-state index contributed by atoms with van der Waals surface area (Å²) >= 11 is 1.56. The molecule has 0 aliphatic carbocycles. The molecule has 8 nitrogen and oxygen atoms in total. The Balaban J connectivity index is 1.75. The van der Waals surface area contributed by atoms with Crippen molar-refractivity contribution in [3.8, 4) is 5.75 Å². The largest absolute Gasteiger partial charge is 0.494 e. The van der Waals surface area contributed by atoms with Gasteiger partial charge >= 0.3 is 0 Å². The van der Waals surface area contributed by atoms with Crippen LogP contribution in [0.3, 0.4) is 0 Å². The predicted octanol–water partition coefficient (Wildman–Crippen LogP) is 2.63. The number of rotatable bonds is 8. The lowest BCUT2D eigenvalue weighted by Crippen LogP contribution is -2.45. The van der Waals surface area contributed by atoms with Crippen molar-refractivity contribution in [2.24, 2.45) is 5.92 Å². The number of carbonyl (C=O) groups excluding carboxylic acids is 1. The van der Waals surface area contributed by atoms with Crippen molar-refractivity contribution >= 4 is 39.1 Å². The van der Waals surface area contributed by atoms with Gasteiger partial charge in [-0.15, -0.1) is 11.8 Å². The van der Waals surface area contributed by atoms with Crippen molar-refractivity contribution in [1.29, 1.82) is 0 Å². The van der Waals surface area contributed by atoms with Crippen LogP contribution < -0.4 is 25.6 Å². The van der Waals surface area contributed by atoms with Crippen LogP contribution in [0.2, 0.25) is 0 Å². The van der Waals surface area contributed by atoms with E-state index in [0.29, 0.717) is 23.7 Å². The molecule has 1 aliphatic rings. The lowest BCUT2D eigenvalue weighted by atomic mass is 10.0. The summed E-state index contributed by atoms with van der Waals surface area (Å²) in [5.41, 5.74) is 6.64. The van der Waals surface area contributed by atoms with Crippen molar-refractivity contribution < 1.29 is 17.9 Å². The van der Waals surface area contributed by atoms with Gasteiger partial charge in [-0.2, -0.15) is 0 Å². The molecule has 2 aromatic carbocycles. The van der Waals surface area contributed by atoms with E-state index in [1.165, 1.54) is 0 Å². The normalized spacial score (nSPS) is 21.2. The molecule has 4 N–H and O–H groups in total. The number of amides is 1. The molecule has 1 heterocycles. The molecule has 3 rings (SSSR count). The Morgan fingerprint density at radius 1 is 1.13 bits per heavy atom. The van der Waals surface area contributed by atoms with Crippen LogP contribution in [-0.4, -0.2) is 38.6 Å². The SMILES string of the molecule is CCOc1ccc(NS(=O)(=O)C2NNC(C)C2C(=O)Nc2cccc(SC)c2)cc1. The van der Waals surface area contributed by atoms with Crippen molar-refractivity contribution in [3.63, 3.8) is 0 Å². The molecule has 0 radical (unpaired) electrons. The maximum absolute atomic E-state index is 13.0. The number of hydrogen-bond acceptors (Lipinski definition) is 7. The molecule has 10 heteroatoms. The van der Waals surface area contributed by atoms with Gasteiger partial charge in [-0.25, -0.2) is 13.8 Å². The zero-order valence-corrected chi connectivity index (χ0v) is 18.6. The maximum Gasteiger partial charge on any atom is 0.250 e. The molecule has 1 amide bonds. The third-order valence-electron chi connectivity index (χ3n) is 4.72. The van der Waals surface area contributed by atoms with E-state index in [2.05, 4.69) is 20.9 Å². The standard InChI is InChI=1S/C20H26N4O4S2/c1-4-28-16-10-8-14(9-11-16)24-30(26,27)20-18(13(2)22-23-20)19(25)21-15-6-5-7-17(12-15)29-3/h5-13,18,20,22-24H,4H2,1-3H3,(H,21,25). The number of thioether (sulfide) groups is 1. The first-order valence-electron chi connectivity index (χ1n) is 9.54. The Morgan fingerprint density at radius 3 is 2.53 bits per heavy atom. The van der Waals surface area contributed by atoms with Crippen LogP contribution in [0.25, 0.3) is 0 Å². The van der Waals surface area contributed by atoms with Gasteiger partial charge in [0.05, 0.1) is 12.5 Å². The van der Waals surface area contributed by atoms with E-state index in [1.54, 1.807) is 49.0 Å². The van der Waals surface area contributed by atoms with Crippen LogP contribution >= 0.6 is 11.8 Å². The van der Waals surface area contributed by atoms with Crippen LogP contribution in [0.5, 0.6) is 5.75 Å². The molecule has 3 unspecified atom stereocenters. The van der Waals surface area contributed by atoms with Gasteiger partial charge < -0.3 is 10.1 Å². The van der Waals surface area contributed by atoms with E-state index >= 15 is 0 Å². The first kappa shape index (κ1) is 22.4. The fraction of sp³-hybridized carbons (Fsp3) is 0.350. The van der Waals surface area contributed by atoms with Crippen molar-refractivity contribution in [2.75, 3.05) is 22.9 Å². The summed E-state index contributed by atoms with van der Waals surface area (Å²) in [6.45, 7) is 4.16. The van der Waals surface area contributed by atoms with Crippen LogP contribution in [0.4, 0.5) is 11.4 Å². The van der Waals surface area contributed by atoms with Gasteiger partial charge in [0.1, 0.15) is 5.75 Å². The molecular weight excluding hydrogens is 424 g/mol. The lowest BCUT2D eigenvalue weighted by Gasteiger charge is -2.21. The molecule has 2 aromatic rings. The van der Waals surface area contributed by atoms with Crippen LogP contribution in [0.15, 0.2) is 53.4 Å². The summed E-state index contributed by atoms with van der Waals surface area (Å²) in [5.74, 6) is -0.553. The number of carbonyl (C=O) groups is 1. The van der Waals surface area contributed by atoms with E-state index in [-0.39, 0.29) is 11.9 Å². The van der Waals surface area contributed by atoms with E-state index in [4.69, 9.17) is 4.74 Å². The highest BCUT2D eigenvalue weighted by atomic mass is 32.2. The number of hydrazine groups is 1. The highest BCUT2D eigenvalue weighted by Gasteiger charge is 2.46. The van der Waals surface area contributed by atoms with Crippen molar-refractivity contribution in [2.45, 2.75) is 30.2 Å². The molecular formula is C20H26N4O4S2. The molecule has 1 fully saturated rings. The minimum atomic E-state index is -3.90. The molecule has 3 atom stereocenters. The van der Waals surface area contributed by atoms with Crippen molar-refractivity contribution in [3.05, 3.63) is 48.5 Å². The number of nitrogens with one attached hydrogen (secondary N) is 4. The number of sulfonamides is 1. The third-order valence-corrected chi connectivity index (χ3v) is 7.04. The van der Waals surface area contributed by atoms with Crippen molar-refractivity contribution in [1.82, 2.24) is 10.9 Å². The minimum absolute atomic E-state index is 0.375. The predicted molar refractivity (Wildman–Crippen MR) is 120 cm³/mol. The molecule has 0 spiro atoms. The molecule has 0 bridgehead atoms. The Kier molecular flexibility index (Phi) is 7.24. The van der Waals surface area contributed by atoms with E-state index in [1.807, 2.05) is 31.4 Å². The Hall–Kier alpha value is -2.27.